The molecule has 0 bridgehead atoms. The number of likely N-dealkylation sites (N-methyl/N-ethyl adjacent to an activating group) is 1. The molecule has 23 heavy (non-hydrogen) atoms. The first-order valence-corrected chi connectivity index (χ1v) is 7.51. The van der Waals surface area contributed by atoms with Crippen LogP contribution in [0.15, 0.2) is 35.3 Å². The molecule has 1 amide bonds. The fraction of sp³-hybridized carbons (Fsp3) is 0.125. The molecule has 4 nitrogen and oxygen atoms in total. The highest BCUT2D eigenvalue weighted by molar-refractivity contribution is 6.43. The Morgan fingerprint density at radius 1 is 1.30 bits per heavy atom. The highest BCUT2D eigenvalue weighted by atomic mass is 35.5. The molecule has 2 aromatic rings. The third kappa shape index (κ3) is 2.56. The second kappa shape index (κ2) is 5.83. The monoisotopic (exact) mass is 351 g/mol. The average Bonchev–Trinajstić information content (AvgIpc) is 2.65. The predicted molar refractivity (Wildman–Crippen MR) is 91.2 cm³/mol. The van der Waals surface area contributed by atoms with Gasteiger partial charge in [0, 0.05) is 18.2 Å². The Morgan fingerprint density at radius 3 is 2.70 bits per heavy atom. The number of benzene rings is 2. The number of carbonyl (C=O) groups is 1. The molecule has 1 aliphatic heterocycles. The predicted octanol–water partition coefficient (Wildman–Crippen LogP) is 3.53. The fourth-order valence-electron chi connectivity index (χ4n) is 2.45. The Bertz CT molecular complexity index is 851. The second-order valence-electron chi connectivity index (χ2n) is 5.08. The molecule has 7 heteroatoms. The van der Waals surface area contributed by atoms with Crippen molar-refractivity contribution in [1.82, 2.24) is 0 Å². The van der Waals surface area contributed by atoms with Crippen molar-refractivity contribution in [2.75, 3.05) is 24.2 Å². The smallest absolute Gasteiger partial charge is 0.248 e. The number of benzodiazepines with no additional fused rings is 1. The van der Waals surface area contributed by atoms with Gasteiger partial charge in [0.25, 0.3) is 0 Å². The molecule has 0 aromatic heterocycles. The van der Waals surface area contributed by atoms with Crippen LogP contribution in [0.1, 0.15) is 11.1 Å². The Morgan fingerprint density at radius 2 is 2.00 bits per heavy atom. The summed E-state index contributed by atoms with van der Waals surface area (Å²) in [5.74, 6) is -0.715. The summed E-state index contributed by atoms with van der Waals surface area (Å²) in [4.78, 5) is 17.8. The van der Waals surface area contributed by atoms with Crippen molar-refractivity contribution < 1.29 is 9.18 Å². The molecule has 0 atom stereocenters. The maximum atomic E-state index is 14.2. The number of aliphatic imine (C=N–C) groups is 1. The molecule has 0 fully saturated rings. The molecule has 1 heterocycles. The minimum atomic E-state index is -0.459. The first kappa shape index (κ1) is 15.8. The first-order chi connectivity index (χ1) is 10.9. The van der Waals surface area contributed by atoms with Crippen LogP contribution in [0.3, 0.4) is 0 Å². The molecule has 0 aliphatic carbocycles. The van der Waals surface area contributed by atoms with Gasteiger partial charge in [0.1, 0.15) is 12.4 Å². The number of nitrogen functional groups attached to an aromatic ring is 1. The quantitative estimate of drug-likeness (QED) is 0.799. The number of nitrogens with two attached hydrogens (primary N) is 1. The Labute approximate surface area is 142 Å². The third-order valence-corrected chi connectivity index (χ3v) is 4.41. The van der Waals surface area contributed by atoms with Gasteiger partial charge >= 0.3 is 0 Å². The van der Waals surface area contributed by atoms with E-state index in [2.05, 4.69) is 4.99 Å². The zero-order valence-electron chi connectivity index (χ0n) is 12.1. The molecular formula is C16H12Cl2FN3O. The van der Waals surface area contributed by atoms with Gasteiger partial charge in [0.2, 0.25) is 5.91 Å². The van der Waals surface area contributed by atoms with Crippen LogP contribution >= 0.6 is 23.2 Å². The van der Waals surface area contributed by atoms with Crippen LogP contribution in [0, 0.1) is 5.82 Å². The summed E-state index contributed by atoms with van der Waals surface area (Å²) in [5.41, 5.74) is 7.44. The molecule has 2 N–H and O–H groups in total. The standard InChI is InChI=1S/C16H12Cl2FN3O/c1-22-11-6-9(17)15(20)14(18)13(11)16(21-7-12(22)23)8-4-2-3-5-10(8)19/h2-6H,7,20H2,1H3. The normalized spacial score (nSPS) is 14.3. The first-order valence-electron chi connectivity index (χ1n) is 6.75. The number of halogens is 3. The SMILES string of the molecule is CN1C(=O)CN=C(c2ccccc2F)c2c1cc(Cl)c(N)c2Cl. The van der Waals surface area contributed by atoms with E-state index < -0.39 is 5.82 Å². The summed E-state index contributed by atoms with van der Waals surface area (Å²) >= 11 is 12.4. The van der Waals surface area contributed by atoms with Crippen molar-refractivity contribution >= 4 is 46.2 Å². The minimum Gasteiger partial charge on any atom is -0.396 e. The van der Waals surface area contributed by atoms with Gasteiger partial charge in [-0.1, -0.05) is 35.3 Å². The van der Waals surface area contributed by atoms with Crippen LogP contribution in [-0.2, 0) is 4.79 Å². The Kier molecular flexibility index (Phi) is 4.00. The number of rotatable bonds is 1. The number of hydrogen-bond donors (Lipinski definition) is 1. The van der Waals surface area contributed by atoms with E-state index in [1.54, 1.807) is 25.2 Å². The van der Waals surface area contributed by atoms with Crippen LogP contribution in [0.4, 0.5) is 15.8 Å². The van der Waals surface area contributed by atoms with Gasteiger partial charge in [-0.05, 0) is 18.2 Å². The van der Waals surface area contributed by atoms with E-state index in [1.165, 1.54) is 17.0 Å². The van der Waals surface area contributed by atoms with Crippen LogP contribution in [0.5, 0.6) is 0 Å². The van der Waals surface area contributed by atoms with E-state index in [4.69, 9.17) is 28.9 Å². The van der Waals surface area contributed by atoms with E-state index >= 15 is 0 Å². The zero-order valence-corrected chi connectivity index (χ0v) is 13.6. The number of nitrogens with zero attached hydrogens (tertiary/aromatic N) is 2. The van der Waals surface area contributed by atoms with Crippen molar-refractivity contribution in [3.05, 3.63) is 57.3 Å². The zero-order chi connectivity index (χ0) is 16.7. The van der Waals surface area contributed by atoms with Gasteiger partial charge < -0.3 is 10.6 Å². The number of amides is 1. The fourth-order valence-corrected chi connectivity index (χ4v) is 2.99. The molecule has 0 saturated carbocycles. The Hall–Kier alpha value is -2.11. The summed E-state index contributed by atoms with van der Waals surface area (Å²) < 4.78 is 14.2. The second-order valence-corrected chi connectivity index (χ2v) is 5.86. The highest BCUT2D eigenvalue weighted by Crippen LogP contribution is 2.40. The molecule has 118 valence electrons. The molecule has 3 rings (SSSR count). The Balaban J connectivity index is 2.36. The lowest BCUT2D eigenvalue weighted by atomic mass is 9.99. The van der Waals surface area contributed by atoms with Crippen molar-refractivity contribution in [2.24, 2.45) is 4.99 Å². The van der Waals surface area contributed by atoms with E-state index in [1.807, 2.05) is 0 Å². The van der Waals surface area contributed by atoms with Crippen LogP contribution < -0.4 is 10.6 Å². The summed E-state index contributed by atoms with van der Waals surface area (Å²) in [5, 5.41) is 0.374. The minimum absolute atomic E-state index is 0.122. The van der Waals surface area contributed by atoms with Crippen LogP contribution in [0.2, 0.25) is 10.0 Å². The maximum Gasteiger partial charge on any atom is 0.248 e. The van der Waals surface area contributed by atoms with Gasteiger partial charge in [0.15, 0.2) is 0 Å². The topological polar surface area (TPSA) is 58.7 Å². The van der Waals surface area contributed by atoms with E-state index in [0.717, 1.165) is 0 Å². The lowest BCUT2D eigenvalue weighted by Crippen LogP contribution is -2.28. The molecule has 0 radical (unpaired) electrons. The lowest BCUT2D eigenvalue weighted by molar-refractivity contribution is -0.116. The number of fused-ring (bicyclic) bond motifs is 1. The molecule has 0 saturated heterocycles. The van der Waals surface area contributed by atoms with E-state index in [-0.39, 0.29) is 39.5 Å². The summed E-state index contributed by atoms with van der Waals surface area (Å²) in [6.07, 6.45) is 0. The number of carbonyl (C=O) groups excluding carboxylic acids is 1. The van der Waals surface area contributed by atoms with E-state index in [0.29, 0.717) is 11.3 Å². The van der Waals surface area contributed by atoms with Gasteiger partial charge in [-0.15, -0.1) is 0 Å². The summed E-state index contributed by atoms with van der Waals surface area (Å²) in [6, 6.07) is 7.70. The van der Waals surface area contributed by atoms with Gasteiger partial charge in [-0.2, -0.15) is 0 Å². The van der Waals surface area contributed by atoms with Crippen molar-refractivity contribution in [1.29, 1.82) is 0 Å². The number of hydrogen-bond acceptors (Lipinski definition) is 3. The van der Waals surface area contributed by atoms with Crippen LogP contribution in [0.25, 0.3) is 0 Å². The number of anilines is 2. The van der Waals surface area contributed by atoms with Gasteiger partial charge in [0.05, 0.1) is 27.1 Å². The largest absolute Gasteiger partial charge is 0.396 e. The summed E-state index contributed by atoms with van der Waals surface area (Å²) in [6.45, 7) is -0.122. The van der Waals surface area contributed by atoms with Crippen molar-refractivity contribution in [2.45, 2.75) is 0 Å². The molecule has 0 spiro atoms. The molecular weight excluding hydrogens is 340 g/mol. The average molecular weight is 352 g/mol. The summed E-state index contributed by atoms with van der Waals surface area (Å²) in [7, 11) is 1.59. The van der Waals surface area contributed by atoms with E-state index in [9.17, 15) is 9.18 Å². The molecule has 1 aliphatic rings. The van der Waals surface area contributed by atoms with Gasteiger partial charge in [-0.3, -0.25) is 9.79 Å². The lowest BCUT2D eigenvalue weighted by Gasteiger charge is -2.20. The molecule has 2 aromatic carbocycles. The van der Waals surface area contributed by atoms with Crippen LogP contribution in [-0.4, -0.2) is 25.2 Å². The highest BCUT2D eigenvalue weighted by Gasteiger charge is 2.28. The van der Waals surface area contributed by atoms with Gasteiger partial charge in [-0.25, -0.2) is 4.39 Å². The maximum absolute atomic E-state index is 14.2. The van der Waals surface area contributed by atoms with Crippen molar-refractivity contribution in [3.63, 3.8) is 0 Å². The van der Waals surface area contributed by atoms with Crippen molar-refractivity contribution in [3.8, 4) is 0 Å². The third-order valence-electron chi connectivity index (χ3n) is 3.71. The molecule has 0 unspecified atom stereocenters.